The van der Waals surface area contributed by atoms with Gasteiger partial charge >= 0.3 is 14.1 Å². The molecule has 0 saturated heterocycles. The Morgan fingerprint density at radius 2 is 1.64 bits per heavy atom. The highest BCUT2D eigenvalue weighted by molar-refractivity contribution is 6.74. The van der Waals surface area contributed by atoms with Gasteiger partial charge in [-0.2, -0.15) is 0 Å². The summed E-state index contributed by atoms with van der Waals surface area (Å²) in [5.41, 5.74) is 0. The SMILES string of the molecule is CCCCC[C@H](CC#[C][Al]([CH2]C)[CH2]C)O[Si](C)(C)C(C)(C)C. The summed E-state index contributed by atoms with van der Waals surface area (Å²) in [6.07, 6.45) is 6.34. The lowest BCUT2D eigenvalue weighted by Crippen LogP contribution is -2.43. The molecule has 0 aromatic carbocycles. The largest absolute Gasteiger partial charge is 0.413 e. The van der Waals surface area contributed by atoms with Crippen LogP contribution >= 0.6 is 0 Å². The van der Waals surface area contributed by atoms with Crippen LogP contribution in [0.3, 0.4) is 0 Å². The van der Waals surface area contributed by atoms with Gasteiger partial charge in [-0.3, -0.25) is 0 Å². The summed E-state index contributed by atoms with van der Waals surface area (Å²) in [4.78, 5) is 3.59. The molecule has 0 saturated carbocycles. The first kappa shape index (κ1) is 22.3. The Balaban J connectivity index is 4.75. The Morgan fingerprint density at radius 1 is 1.05 bits per heavy atom. The molecule has 1 atom stereocenters. The van der Waals surface area contributed by atoms with Gasteiger partial charge in [0, 0.05) is 6.42 Å². The molecule has 0 N–H and O–H groups in total. The predicted octanol–water partition coefficient (Wildman–Crippen LogP) is 6.42. The van der Waals surface area contributed by atoms with Crippen LogP contribution in [0.2, 0.25) is 28.7 Å². The van der Waals surface area contributed by atoms with Crippen LogP contribution < -0.4 is 0 Å². The summed E-state index contributed by atoms with van der Waals surface area (Å²) in [6, 6.07) is 0. The maximum absolute atomic E-state index is 6.65. The Hall–Kier alpha value is 0.269. The van der Waals surface area contributed by atoms with E-state index in [9.17, 15) is 0 Å². The lowest BCUT2D eigenvalue weighted by Gasteiger charge is -2.39. The van der Waals surface area contributed by atoms with Gasteiger partial charge in [0.25, 0.3) is 0 Å². The molecule has 0 rings (SSSR count). The first-order valence-electron chi connectivity index (χ1n) is 9.34. The second kappa shape index (κ2) is 10.9. The molecule has 0 aliphatic heterocycles. The van der Waals surface area contributed by atoms with Gasteiger partial charge in [-0.25, -0.2) is 4.78 Å². The van der Waals surface area contributed by atoms with E-state index in [1.165, 1.54) is 36.2 Å². The maximum atomic E-state index is 6.65. The van der Waals surface area contributed by atoms with Gasteiger partial charge in [-0.1, -0.05) is 71.4 Å². The third kappa shape index (κ3) is 8.79. The minimum atomic E-state index is -1.68. The topological polar surface area (TPSA) is 9.23 Å². The monoisotopic (exact) mass is 338 g/mol. The molecule has 0 aromatic rings. The van der Waals surface area contributed by atoms with Gasteiger partial charge in [0.15, 0.2) is 8.32 Å². The van der Waals surface area contributed by atoms with E-state index in [-0.39, 0.29) is 5.04 Å². The molecule has 3 heteroatoms. The van der Waals surface area contributed by atoms with Gasteiger partial charge in [0.05, 0.1) is 6.10 Å². The van der Waals surface area contributed by atoms with Crippen molar-refractivity contribution in [1.29, 1.82) is 0 Å². The Kier molecular flexibility index (Phi) is 11.1. The quantitative estimate of drug-likeness (QED) is 0.267. The summed E-state index contributed by atoms with van der Waals surface area (Å²) in [5.74, 6) is 3.50. The highest BCUT2D eigenvalue weighted by Crippen LogP contribution is 2.38. The zero-order valence-corrected chi connectivity index (χ0v) is 18.7. The fourth-order valence-corrected chi connectivity index (χ4v) is 5.01. The molecule has 22 heavy (non-hydrogen) atoms. The van der Waals surface area contributed by atoms with Crippen LogP contribution in [0.25, 0.3) is 0 Å². The van der Waals surface area contributed by atoms with E-state index in [2.05, 4.69) is 65.3 Å². The van der Waals surface area contributed by atoms with Crippen molar-refractivity contribution in [2.75, 3.05) is 0 Å². The summed E-state index contributed by atoms with van der Waals surface area (Å²) in [7, 11) is -1.68. The van der Waals surface area contributed by atoms with Crippen LogP contribution in [-0.4, -0.2) is 28.6 Å². The Labute approximate surface area is 146 Å². The maximum Gasteiger partial charge on any atom is 0.375 e. The molecule has 0 fully saturated rings. The Morgan fingerprint density at radius 3 is 2.09 bits per heavy atom. The average Bonchev–Trinajstić information content (AvgIpc) is 2.42. The summed E-state index contributed by atoms with van der Waals surface area (Å²) >= 11 is -0.776. The van der Waals surface area contributed by atoms with Crippen molar-refractivity contribution in [2.24, 2.45) is 0 Å². The number of hydrogen-bond acceptors (Lipinski definition) is 1. The highest BCUT2D eigenvalue weighted by Gasteiger charge is 2.38. The number of rotatable bonds is 9. The summed E-state index contributed by atoms with van der Waals surface area (Å²) in [5, 5.41) is 2.88. The molecule has 0 spiro atoms. The Bertz CT molecular complexity index is 345. The van der Waals surface area contributed by atoms with Crippen molar-refractivity contribution in [3.63, 3.8) is 0 Å². The first-order chi connectivity index (χ1) is 10.2. The van der Waals surface area contributed by atoms with E-state index in [1.54, 1.807) is 0 Å². The minimum absolute atomic E-state index is 0.285. The third-order valence-corrected chi connectivity index (χ3v) is 12.1. The van der Waals surface area contributed by atoms with Crippen molar-refractivity contribution in [3.8, 4) is 10.7 Å². The van der Waals surface area contributed by atoms with Crippen LogP contribution in [0.1, 0.15) is 73.6 Å². The number of unbranched alkanes of at least 4 members (excludes halogenated alkanes) is 2. The van der Waals surface area contributed by atoms with Gasteiger partial charge in [-0.15, -0.1) is 5.92 Å². The lowest BCUT2D eigenvalue weighted by molar-refractivity contribution is 0.172. The van der Waals surface area contributed by atoms with Crippen molar-refractivity contribution in [1.82, 2.24) is 0 Å². The molecule has 0 bridgehead atoms. The van der Waals surface area contributed by atoms with E-state index in [0.29, 0.717) is 6.10 Å². The van der Waals surface area contributed by atoms with Gasteiger partial charge in [0.1, 0.15) is 0 Å². The first-order valence-corrected chi connectivity index (χ1v) is 14.5. The molecule has 0 radical (unpaired) electrons. The zero-order chi connectivity index (χ0) is 17.2. The minimum Gasteiger partial charge on any atom is -0.413 e. The molecule has 128 valence electrons. The fraction of sp³-hybridized carbons (Fsp3) is 0.895. The highest BCUT2D eigenvalue weighted by atomic mass is 28.4. The third-order valence-electron chi connectivity index (χ3n) is 5.02. The van der Waals surface area contributed by atoms with Crippen molar-refractivity contribution >= 4 is 22.5 Å². The van der Waals surface area contributed by atoms with Gasteiger partial charge in [-0.05, 0) is 24.6 Å². The normalized spacial score (nSPS) is 13.5. The van der Waals surface area contributed by atoms with Crippen molar-refractivity contribution < 1.29 is 4.43 Å². The van der Waals surface area contributed by atoms with Crippen molar-refractivity contribution in [2.45, 2.75) is 108 Å². The molecular weight excluding hydrogens is 299 g/mol. The molecule has 0 amide bonds. The second-order valence-corrected chi connectivity index (χ2v) is 16.1. The molecule has 1 nitrogen and oxygen atoms in total. The van der Waals surface area contributed by atoms with Crippen LogP contribution in [0, 0.1) is 10.7 Å². The predicted molar refractivity (Wildman–Crippen MR) is 105 cm³/mol. The van der Waals surface area contributed by atoms with Gasteiger partial charge in [0.2, 0.25) is 0 Å². The lowest BCUT2D eigenvalue weighted by atomic mass is 10.1. The van der Waals surface area contributed by atoms with E-state index < -0.39 is 22.5 Å². The summed E-state index contributed by atoms with van der Waals surface area (Å²) < 4.78 is 6.65. The molecule has 0 unspecified atom stereocenters. The van der Waals surface area contributed by atoms with Crippen LogP contribution in [0.15, 0.2) is 0 Å². The van der Waals surface area contributed by atoms with E-state index in [4.69, 9.17) is 4.43 Å². The smallest absolute Gasteiger partial charge is 0.375 e. The van der Waals surface area contributed by atoms with Crippen molar-refractivity contribution in [3.05, 3.63) is 0 Å². The average molecular weight is 339 g/mol. The van der Waals surface area contributed by atoms with Gasteiger partial charge < -0.3 is 4.43 Å². The molecule has 0 aliphatic carbocycles. The van der Waals surface area contributed by atoms with E-state index in [0.717, 1.165) is 6.42 Å². The van der Waals surface area contributed by atoms with Crippen LogP contribution in [-0.2, 0) is 4.43 Å². The van der Waals surface area contributed by atoms with Crippen LogP contribution in [0.4, 0.5) is 0 Å². The fourth-order valence-electron chi connectivity index (χ4n) is 2.23. The summed E-state index contributed by atoms with van der Waals surface area (Å²) in [6.45, 7) is 18.6. The molecule has 0 aromatic heterocycles. The van der Waals surface area contributed by atoms with E-state index >= 15 is 0 Å². The molecule has 0 aliphatic rings. The zero-order valence-electron chi connectivity index (χ0n) is 16.5. The molecule has 0 heterocycles. The number of hydrogen-bond donors (Lipinski definition) is 0. The standard InChI is InChI=1S/C15H29OSi.2C2H5.Al/c1-8-10-11-13-14(12-9-2)16-17(6,7)15(3,4)5;2*1-2;/h14H,8,10-13H2,1,3-7H3;2*1H2,2H3;/t14-;;;/m0.../s1. The van der Waals surface area contributed by atoms with E-state index in [1.807, 2.05) is 0 Å². The second-order valence-electron chi connectivity index (χ2n) is 8.03. The molecular formula is C19H39AlOSi. The van der Waals surface area contributed by atoms with Crippen LogP contribution in [0.5, 0.6) is 0 Å².